The van der Waals surface area contributed by atoms with Gasteiger partial charge >= 0.3 is 0 Å². The molecule has 8 heteroatoms. The smallest absolute Gasteiger partial charge is 0.241 e. The minimum atomic E-state index is -3.86. The summed E-state index contributed by atoms with van der Waals surface area (Å²) < 4.78 is 27.7. The van der Waals surface area contributed by atoms with E-state index in [-0.39, 0.29) is 15.7 Å². The standard InChI is InChI=1S/C9H14ClN3O3S/c1-13(3-4-16-2)9-8(17(11,14)15)5-7(10)6-12-9/h5-6H,3-4H2,1-2H3,(H2,11,14,15). The van der Waals surface area contributed by atoms with Crippen LogP contribution < -0.4 is 10.0 Å². The van der Waals surface area contributed by atoms with Gasteiger partial charge in [0.1, 0.15) is 10.7 Å². The molecular formula is C9H14ClN3O3S. The molecule has 0 atom stereocenters. The first-order valence-corrected chi connectivity index (χ1v) is 6.67. The summed E-state index contributed by atoms with van der Waals surface area (Å²) in [6.45, 7) is 0.943. The van der Waals surface area contributed by atoms with Gasteiger partial charge < -0.3 is 9.64 Å². The van der Waals surface area contributed by atoms with Crippen molar-refractivity contribution in [1.82, 2.24) is 4.98 Å². The molecule has 96 valence electrons. The van der Waals surface area contributed by atoms with Gasteiger partial charge in [-0.2, -0.15) is 0 Å². The number of aromatic nitrogens is 1. The Morgan fingerprint density at radius 1 is 1.59 bits per heavy atom. The van der Waals surface area contributed by atoms with Gasteiger partial charge in [0.05, 0.1) is 11.6 Å². The van der Waals surface area contributed by atoms with E-state index in [0.29, 0.717) is 13.2 Å². The van der Waals surface area contributed by atoms with Crippen molar-refractivity contribution in [3.8, 4) is 0 Å². The Morgan fingerprint density at radius 2 is 2.24 bits per heavy atom. The minimum Gasteiger partial charge on any atom is -0.383 e. The van der Waals surface area contributed by atoms with Gasteiger partial charge in [-0.3, -0.25) is 0 Å². The van der Waals surface area contributed by atoms with Crippen LogP contribution in [0.1, 0.15) is 0 Å². The maximum absolute atomic E-state index is 11.4. The average Bonchev–Trinajstić information content (AvgIpc) is 2.24. The van der Waals surface area contributed by atoms with Gasteiger partial charge in [-0.15, -0.1) is 0 Å². The number of anilines is 1. The minimum absolute atomic E-state index is 0.0939. The predicted molar refractivity (Wildman–Crippen MR) is 65.8 cm³/mol. The quantitative estimate of drug-likeness (QED) is 0.846. The van der Waals surface area contributed by atoms with Crippen molar-refractivity contribution in [1.29, 1.82) is 0 Å². The summed E-state index contributed by atoms with van der Waals surface area (Å²) in [7, 11) is -0.598. The van der Waals surface area contributed by atoms with E-state index in [1.54, 1.807) is 19.1 Å². The van der Waals surface area contributed by atoms with Crippen LogP contribution in [0.5, 0.6) is 0 Å². The Morgan fingerprint density at radius 3 is 2.76 bits per heavy atom. The molecule has 0 amide bonds. The van der Waals surface area contributed by atoms with Crippen LogP contribution in [0.2, 0.25) is 5.02 Å². The third kappa shape index (κ3) is 3.81. The molecule has 0 aliphatic carbocycles. The zero-order chi connectivity index (χ0) is 13.1. The van der Waals surface area contributed by atoms with Gasteiger partial charge in [0.15, 0.2) is 0 Å². The van der Waals surface area contributed by atoms with Gasteiger partial charge in [0.25, 0.3) is 0 Å². The second-order valence-electron chi connectivity index (χ2n) is 3.43. The molecule has 0 spiro atoms. The topological polar surface area (TPSA) is 85.5 Å². The zero-order valence-electron chi connectivity index (χ0n) is 9.55. The summed E-state index contributed by atoms with van der Waals surface area (Å²) in [5, 5.41) is 5.33. The summed E-state index contributed by atoms with van der Waals surface area (Å²) >= 11 is 5.71. The first-order valence-electron chi connectivity index (χ1n) is 4.74. The van der Waals surface area contributed by atoms with Crippen molar-refractivity contribution < 1.29 is 13.2 Å². The average molecular weight is 280 g/mol. The Labute approximate surface area is 105 Å². The lowest BCUT2D eigenvalue weighted by molar-refractivity contribution is 0.206. The number of primary sulfonamides is 1. The summed E-state index contributed by atoms with van der Waals surface area (Å²) in [4.78, 5) is 5.52. The molecular weight excluding hydrogens is 266 g/mol. The summed E-state index contributed by atoms with van der Waals surface area (Å²) in [5.41, 5.74) is 0. The van der Waals surface area contributed by atoms with Crippen molar-refractivity contribution in [2.75, 3.05) is 32.2 Å². The highest BCUT2D eigenvalue weighted by atomic mass is 35.5. The van der Waals surface area contributed by atoms with E-state index >= 15 is 0 Å². The molecule has 0 aromatic carbocycles. The molecule has 1 aromatic rings. The van der Waals surface area contributed by atoms with Crippen molar-refractivity contribution in [2.45, 2.75) is 4.90 Å². The Bertz CT molecular complexity index is 492. The fourth-order valence-electron chi connectivity index (χ4n) is 1.24. The van der Waals surface area contributed by atoms with Crippen molar-refractivity contribution in [3.05, 3.63) is 17.3 Å². The highest BCUT2D eigenvalue weighted by Gasteiger charge is 2.18. The van der Waals surface area contributed by atoms with Gasteiger partial charge in [-0.05, 0) is 6.07 Å². The molecule has 0 aliphatic heterocycles. The van der Waals surface area contributed by atoms with E-state index in [9.17, 15) is 8.42 Å². The second kappa shape index (κ2) is 5.63. The number of hydrogen-bond donors (Lipinski definition) is 1. The van der Waals surface area contributed by atoms with Crippen LogP contribution >= 0.6 is 11.6 Å². The number of methoxy groups -OCH3 is 1. The third-order valence-electron chi connectivity index (χ3n) is 2.10. The first kappa shape index (κ1) is 14.2. The Hall–Kier alpha value is -0.890. The maximum atomic E-state index is 11.4. The first-order chi connectivity index (χ1) is 7.86. The van der Waals surface area contributed by atoms with Gasteiger partial charge in [-0.1, -0.05) is 11.6 Å². The SMILES string of the molecule is COCCN(C)c1ncc(Cl)cc1S(N)(=O)=O. The molecule has 0 unspecified atom stereocenters. The number of ether oxygens (including phenoxy) is 1. The van der Waals surface area contributed by atoms with Crippen molar-refractivity contribution >= 4 is 27.4 Å². The van der Waals surface area contributed by atoms with Crippen LogP contribution in [0, 0.1) is 0 Å². The van der Waals surface area contributed by atoms with E-state index in [1.165, 1.54) is 12.3 Å². The van der Waals surface area contributed by atoms with Gasteiger partial charge in [0, 0.05) is 26.9 Å². The Kier molecular flexibility index (Phi) is 4.70. The van der Waals surface area contributed by atoms with E-state index < -0.39 is 10.0 Å². The normalized spacial score (nSPS) is 11.5. The third-order valence-corrected chi connectivity index (χ3v) is 3.22. The Balaban J connectivity index is 3.15. The highest BCUT2D eigenvalue weighted by Crippen LogP contribution is 2.23. The molecule has 0 radical (unpaired) electrons. The number of rotatable bonds is 5. The van der Waals surface area contributed by atoms with E-state index in [1.807, 2.05) is 0 Å². The molecule has 2 N–H and O–H groups in total. The summed E-state index contributed by atoms with van der Waals surface area (Å²) in [5.74, 6) is 0.258. The fraction of sp³-hybridized carbons (Fsp3) is 0.444. The molecule has 0 bridgehead atoms. The van der Waals surface area contributed by atoms with Crippen LogP contribution in [-0.2, 0) is 14.8 Å². The number of nitrogens with two attached hydrogens (primary N) is 1. The number of likely N-dealkylation sites (N-methyl/N-ethyl adjacent to an activating group) is 1. The predicted octanol–water partition coefficient (Wildman–Crippen LogP) is 0.465. The van der Waals surface area contributed by atoms with Crippen LogP contribution in [0.25, 0.3) is 0 Å². The van der Waals surface area contributed by atoms with Crippen molar-refractivity contribution in [3.63, 3.8) is 0 Å². The molecule has 1 rings (SSSR count). The molecule has 1 aromatic heterocycles. The lowest BCUT2D eigenvalue weighted by Gasteiger charge is -2.19. The molecule has 0 saturated heterocycles. The monoisotopic (exact) mass is 279 g/mol. The van der Waals surface area contributed by atoms with Crippen LogP contribution in [-0.4, -0.2) is 40.7 Å². The van der Waals surface area contributed by atoms with E-state index in [0.717, 1.165) is 0 Å². The van der Waals surface area contributed by atoms with E-state index in [4.69, 9.17) is 21.5 Å². The number of sulfonamides is 1. The maximum Gasteiger partial charge on any atom is 0.241 e. The number of halogens is 1. The molecule has 1 heterocycles. The van der Waals surface area contributed by atoms with Gasteiger partial charge in [-0.25, -0.2) is 18.5 Å². The zero-order valence-corrected chi connectivity index (χ0v) is 11.1. The molecule has 6 nitrogen and oxygen atoms in total. The largest absolute Gasteiger partial charge is 0.383 e. The lowest BCUT2D eigenvalue weighted by atomic mass is 10.4. The summed E-state index contributed by atoms with van der Waals surface area (Å²) in [6.07, 6.45) is 1.37. The van der Waals surface area contributed by atoms with Gasteiger partial charge in [0.2, 0.25) is 10.0 Å². The number of nitrogens with zero attached hydrogens (tertiary/aromatic N) is 2. The van der Waals surface area contributed by atoms with E-state index in [2.05, 4.69) is 4.98 Å². The molecule has 0 fully saturated rings. The number of pyridine rings is 1. The highest BCUT2D eigenvalue weighted by molar-refractivity contribution is 7.89. The van der Waals surface area contributed by atoms with Crippen molar-refractivity contribution in [2.24, 2.45) is 5.14 Å². The van der Waals surface area contributed by atoms with Crippen LogP contribution in [0.15, 0.2) is 17.2 Å². The molecule has 17 heavy (non-hydrogen) atoms. The molecule has 0 saturated carbocycles. The van der Waals surface area contributed by atoms with Crippen LogP contribution in [0.3, 0.4) is 0 Å². The lowest BCUT2D eigenvalue weighted by Crippen LogP contribution is -2.26. The summed E-state index contributed by atoms with van der Waals surface area (Å²) in [6, 6.07) is 1.28. The fourth-order valence-corrected chi connectivity index (χ4v) is 2.22. The van der Waals surface area contributed by atoms with Crippen LogP contribution in [0.4, 0.5) is 5.82 Å². The second-order valence-corrected chi connectivity index (χ2v) is 5.40. The molecule has 0 aliphatic rings. The number of hydrogen-bond acceptors (Lipinski definition) is 5.